The van der Waals surface area contributed by atoms with Gasteiger partial charge in [-0.05, 0) is 60.9 Å². The smallest absolute Gasteiger partial charge is 0.146 e. The van der Waals surface area contributed by atoms with Crippen molar-refractivity contribution < 1.29 is 4.39 Å². The Hall–Kier alpha value is -3.98. The summed E-state index contributed by atoms with van der Waals surface area (Å²) in [5, 5.41) is 3.06. The van der Waals surface area contributed by atoms with Gasteiger partial charge in [0.1, 0.15) is 11.3 Å². The van der Waals surface area contributed by atoms with Crippen molar-refractivity contribution in [2.75, 3.05) is 0 Å². The van der Waals surface area contributed by atoms with Gasteiger partial charge in [0.25, 0.3) is 0 Å². The summed E-state index contributed by atoms with van der Waals surface area (Å²) in [6.07, 6.45) is 3.21. The lowest BCUT2D eigenvalue weighted by molar-refractivity contribution is 0.177. The van der Waals surface area contributed by atoms with Crippen LogP contribution in [-0.4, -0.2) is 9.38 Å². The zero-order valence-corrected chi connectivity index (χ0v) is 27.8. The molecular formula is C40H49FN2. The number of alkyl halides is 1. The highest BCUT2D eigenvalue weighted by Crippen LogP contribution is 2.42. The van der Waals surface area contributed by atoms with Crippen LogP contribution in [0.5, 0.6) is 0 Å². The standard InChI is InChI=1S/C34H31FN2.3C2H6/c1-5-18-34(4,35)28-16-11-15-27-26-14-9-10-17-29(26)37-30(21-36-33(37)32(27)28)31-22(2)19-25(20-23(31)3)24-12-7-6-8-13-24;3*1-2/h6-17,19-21H,5,18H2,1-4H3;3*1-2H3. The Bertz CT molecular complexity index is 1750. The van der Waals surface area contributed by atoms with Crippen molar-refractivity contribution in [3.63, 3.8) is 0 Å². The molecule has 6 rings (SSSR count). The van der Waals surface area contributed by atoms with Crippen molar-refractivity contribution in [2.45, 2.75) is 87.7 Å². The Morgan fingerprint density at radius 1 is 0.721 bits per heavy atom. The summed E-state index contributed by atoms with van der Waals surface area (Å²) < 4.78 is 18.3. The molecule has 0 saturated carbocycles. The molecule has 0 radical (unpaired) electrons. The van der Waals surface area contributed by atoms with Crippen LogP contribution in [0.4, 0.5) is 4.39 Å². The number of aryl methyl sites for hydroxylation is 2. The number of para-hydroxylation sites is 1. The van der Waals surface area contributed by atoms with Crippen LogP contribution in [0.25, 0.3) is 49.7 Å². The Kier molecular flexibility index (Phi) is 11.7. The van der Waals surface area contributed by atoms with Gasteiger partial charge >= 0.3 is 0 Å². The van der Waals surface area contributed by atoms with Crippen LogP contribution in [0, 0.1) is 13.8 Å². The molecule has 43 heavy (non-hydrogen) atoms. The summed E-state index contributed by atoms with van der Waals surface area (Å²) in [5.41, 5.74) is 8.18. The predicted octanol–water partition coefficient (Wildman–Crippen LogP) is 12.7. The van der Waals surface area contributed by atoms with Gasteiger partial charge in [-0.1, -0.05) is 134 Å². The topological polar surface area (TPSA) is 17.3 Å². The number of pyridine rings is 1. The summed E-state index contributed by atoms with van der Waals surface area (Å²) in [6.45, 7) is 20.1. The van der Waals surface area contributed by atoms with Crippen LogP contribution >= 0.6 is 0 Å². The second-order valence-electron chi connectivity index (χ2n) is 10.3. The number of hydrogen-bond donors (Lipinski definition) is 0. The van der Waals surface area contributed by atoms with Crippen molar-refractivity contribution in [3.05, 3.63) is 108 Å². The lowest BCUT2D eigenvalue weighted by Gasteiger charge is -2.23. The van der Waals surface area contributed by atoms with Crippen molar-refractivity contribution in [1.82, 2.24) is 9.38 Å². The molecule has 0 bridgehead atoms. The minimum atomic E-state index is -1.44. The fourth-order valence-electron chi connectivity index (χ4n) is 6.07. The molecule has 0 spiro atoms. The molecule has 2 nitrogen and oxygen atoms in total. The van der Waals surface area contributed by atoms with E-state index in [0.29, 0.717) is 12.0 Å². The first kappa shape index (κ1) is 33.5. The van der Waals surface area contributed by atoms with Crippen molar-refractivity contribution in [2.24, 2.45) is 0 Å². The molecule has 0 saturated heterocycles. The number of benzene rings is 4. The van der Waals surface area contributed by atoms with Crippen molar-refractivity contribution in [3.8, 4) is 22.4 Å². The van der Waals surface area contributed by atoms with Gasteiger partial charge < -0.3 is 0 Å². The van der Waals surface area contributed by atoms with Crippen LogP contribution in [0.2, 0.25) is 0 Å². The van der Waals surface area contributed by atoms with E-state index >= 15 is 4.39 Å². The highest BCUT2D eigenvalue weighted by molar-refractivity contribution is 6.14. The molecule has 0 aliphatic rings. The number of aromatic nitrogens is 2. The number of halogens is 1. The van der Waals surface area contributed by atoms with E-state index in [0.717, 1.165) is 39.4 Å². The summed E-state index contributed by atoms with van der Waals surface area (Å²) in [4.78, 5) is 4.97. The molecule has 1 unspecified atom stereocenters. The van der Waals surface area contributed by atoms with Crippen LogP contribution in [0.1, 0.15) is 84.9 Å². The average Bonchev–Trinajstić information content (AvgIpc) is 3.49. The number of nitrogens with zero attached hydrogens (tertiary/aromatic N) is 2. The van der Waals surface area contributed by atoms with Gasteiger partial charge in [0.15, 0.2) is 0 Å². The zero-order valence-electron chi connectivity index (χ0n) is 27.8. The minimum Gasteiger partial charge on any atom is -0.292 e. The Labute approximate surface area is 258 Å². The molecule has 0 N–H and O–H groups in total. The maximum absolute atomic E-state index is 16.1. The Morgan fingerprint density at radius 2 is 1.30 bits per heavy atom. The third-order valence-corrected chi connectivity index (χ3v) is 7.66. The predicted molar refractivity (Wildman–Crippen MR) is 188 cm³/mol. The maximum Gasteiger partial charge on any atom is 0.146 e. The van der Waals surface area contributed by atoms with Crippen molar-refractivity contribution in [1.29, 1.82) is 0 Å². The van der Waals surface area contributed by atoms with Gasteiger partial charge in [-0.25, -0.2) is 9.37 Å². The molecule has 0 fully saturated rings. The number of imidazole rings is 1. The molecule has 2 aromatic heterocycles. The van der Waals surface area contributed by atoms with Gasteiger partial charge in [0.05, 0.1) is 17.4 Å². The van der Waals surface area contributed by atoms with Gasteiger partial charge in [0, 0.05) is 21.9 Å². The van der Waals surface area contributed by atoms with Gasteiger partial charge in [-0.15, -0.1) is 0 Å². The van der Waals surface area contributed by atoms with Gasteiger partial charge in [0.2, 0.25) is 0 Å². The molecule has 6 aromatic rings. The first-order chi connectivity index (χ1) is 20.9. The third-order valence-electron chi connectivity index (χ3n) is 7.66. The number of fused-ring (bicyclic) bond motifs is 6. The fraction of sp³-hybridized carbons (Fsp3) is 0.325. The lowest BCUT2D eigenvalue weighted by atomic mass is 9.88. The Balaban J connectivity index is 0.000000796. The summed E-state index contributed by atoms with van der Waals surface area (Å²) in [7, 11) is 0. The van der Waals surface area contributed by atoms with E-state index in [9.17, 15) is 0 Å². The molecule has 226 valence electrons. The van der Waals surface area contributed by atoms with Crippen molar-refractivity contribution >= 4 is 27.3 Å². The molecular weight excluding hydrogens is 527 g/mol. The van der Waals surface area contributed by atoms with Crippen LogP contribution < -0.4 is 0 Å². The zero-order chi connectivity index (χ0) is 31.7. The quantitative estimate of drug-likeness (QED) is 0.187. The van der Waals surface area contributed by atoms with E-state index in [-0.39, 0.29) is 0 Å². The highest BCUT2D eigenvalue weighted by atomic mass is 19.1. The first-order valence-corrected chi connectivity index (χ1v) is 16.1. The normalized spacial score (nSPS) is 12.0. The van der Waals surface area contributed by atoms with E-state index in [4.69, 9.17) is 4.98 Å². The van der Waals surface area contributed by atoms with E-state index in [1.165, 1.54) is 27.8 Å². The van der Waals surface area contributed by atoms with Gasteiger partial charge in [-0.3, -0.25) is 4.40 Å². The number of rotatable bonds is 5. The third kappa shape index (κ3) is 6.37. The summed E-state index contributed by atoms with van der Waals surface area (Å²) >= 11 is 0. The van der Waals surface area contributed by atoms with E-state index in [1.807, 2.05) is 72.9 Å². The molecule has 1 atom stereocenters. The first-order valence-electron chi connectivity index (χ1n) is 16.1. The molecule has 3 heteroatoms. The molecule has 2 heterocycles. The second kappa shape index (κ2) is 15.0. The molecule has 0 aliphatic heterocycles. The SMILES string of the molecule is CC.CC.CC.CCCC(C)(F)c1cccc2c3ccccc3n3c(-c4c(C)cc(-c5ccccc5)cc4C)cnc3c12. The van der Waals surface area contributed by atoms with E-state index < -0.39 is 5.67 Å². The van der Waals surface area contributed by atoms with Crippen LogP contribution in [0.3, 0.4) is 0 Å². The molecule has 4 aromatic carbocycles. The Morgan fingerprint density at radius 3 is 1.93 bits per heavy atom. The van der Waals surface area contributed by atoms with E-state index in [2.05, 4.69) is 85.0 Å². The van der Waals surface area contributed by atoms with Crippen LogP contribution in [-0.2, 0) is 5.67 Å². The second-order valence-corrected chi connectivity index (χ2v) is 10.3. The molecule has 0 aliphatic carbocycles. The summed E-state index contributed by atoms with van der Waals surface area (Å²) in [5.74, 6) is 0. The number of hydrogen-bond acceptors (Lipinski definition) is 1. The fourth-order valence-corrected chi connectivity index (χ4v) is 6.07. The highest BCUT2D eigenvalue weighted by Gasteiger charge is 2.29. The largest absolute Gasteiger partial charge is 0.292 e. The monoisotopic (exact) mass is 576 g/mol. The minimum absolute atomic E-state index is 0.470. The van der Waals surface area contributed by atoms with Gasteiger partial charge in [-0.2, -0.15) is 0 Å². The average molecular weight is 577 g/mol. The van der Waals surface area contributed by atoms with Crippen LogP contribution in [0.15, 0.2) is 91.1 Å². The molecule has 0 amide bonds. The van der Waals surface area contributed by atoms with E-state index in [1.54, 1.807) is 6.92 Å². The summed E-state index contributed by atoms with van der Waals surface area (Å²) in [6, 6.07) is 29.4. The lowest BCUT2D eigenvalue weighted by Crippen LogP contribution is -2.15. The maximum atomic E-state index is 16.1.